The number of rotatable bonds is 3. The molecule has 1 fully saturated rings. The summed E-state index contributed by atoms with van der Waals surface area (Å²) in [5, 5.41) is 9.18. The lowest BCUT2D eigenvalue weighted by molar-refractivity contribution is -0.123. The topological polar surface area (TPSA) is 74.3 Å². The summed E-state index contributed by atoms with van der Waals surface area (Å²) in [6, 6.07) is 10.3. The summed E-state index contributed by atoms with van der Waals surface area (Å²) >= 11 is 1.62. The molecule has 7 heteroatoms. The van der Waals surface area contributed by atoms with Crippen molar-refractivity contribution in [3.8, 4) is 0 Å². The van der Waals surface area contributed by atoms with E-state index in [1.54, 1.807) is 11.3 Å². The fourth-order valence-corrected chi connectivity index (χ4v) is 4.30. The molecule has 6 nitrogen and oxygen atoms in total. The van der Waals surface area contributed by atoms with E-state index in [4.69, 9.17) is 0 Å². The summed E-state index contributed by atoms with van der Waals surface area (Å²) in [7, 11) is 0. The lowest BCUT2D eigenvalue weighted by atomic mass is 9.91. The van der Waals surface area contributed by atoms with Crippen LogP contribution in [0.15, 0.2) is 35.7 Å². The van der Waals surface area contributed by atoms with Crippen LogP contribution in [-0.4, -0.2) is 47.9 Å². The molecular weight excluding hydrogens is 384 g/mol. The molecule has 0 aliphatic carbocycles. The van der Waals surface area contributed by atoms with Crippen LogP contribution < -0.4 is 10.6 Å². The number of carbonyl (C=O) groups is 2. The van der Waals surface area contributed by atoms with Gasteiger partial charge in [0.05, 0.1) is 17.2 Å². The predicted molar refractivity (Wildman–Crippen MR) is 116 cm³/mol. The van der Waals surface area contributed by atoms with Crippen molar-refractivity contribution in [3.05, 3.63) is 52.0 Å². The third-order valence-corrected chi connectivity index (χ3v) is 6.02. The molecule has 2 amide bonds. The van der Waals surface area contributed by atoms with Crippen LogP contribution in [0.1, 0.15) is 47.9 Å². The monoisotopic (exact) mass is 414 g/mol. The molecule has 1 unspecified atom stereocenters. The van der Waals surface area contributed by atoms with Crippen LogP contribution in [0.3, 0.4) is 0 Å². The molecule has 1 aliphatic rings. The number of benzene rings is 1. The maximum absolute atomic E-state index is 12.5. The molecule has 29 heavy (non-hydrogen) atoms. The highest BCUT2D eigenvalue weighted by Gasteiger charge is 2.17. The van der Waals surface area contributed by atoms with Gasteiger partial charge < -0.3 is 10.6 Å². The van der Waals surface area contributed by atoms with Gasteiger partial charge in [0.2, 0.25) is 11.8 Å². The van der Waals surface area contributed by atoms with Gasteiger partial charge in [-0.3, -0.25) is 14.5 Å². The summed E-state index contributed by atoms with van der Waals surface area (Å²) in [5.74, 6) is 0.415. The average molecular weight is 415 g/mol. The Morgan fingerprint density at radius 3 is 2.66 bits per heavy atom. The van der Waals surface area contributed by atoms with Crippen molar-refractivity contribution < 1.29 is 9.59 Å². The Hall–Kier alpha value is -2.25. The third kappa shape index (κ3) is 7.25. The first-order valence-electron chi connectivity index (χ1n) is 10.3. The SMILES string of the molecule is Cc1nc(CN2CCCNC(=O)CCC(c3ccccc3)CCNC(=O)C2)cs1. The average Bonchev–Trinajstić information content (AvgIpc) is 3.12. The highest BCUT2D eigenvalue weighted by Crippen LogP contribution is 2.24. The molecule has 0 saturated carbocycles. The molecule has 3 rings (SSSR count). The fraction of sp³-hybridized carbons (Fsp3) is 0.500. The predicted octanol–water partition coefficient (Wildman–Crippen LogP) is 2.84. The van der Waals surface area contributed by atoms with Crippen LogP contribution in [0, 0.1) is 6.92 Å². The van der Waals surface area contributed by atoms with Crippen LogP contribution >= 0.6 is 11.3 Å². The molecule has 0 spiro atoms. The Bertz CT molecular complexity index is 793. The minimum Gasteiger partial charge on any atom is -0.356 e. The summed E-state index contributed by atoms with van der Waals surface area (Å²) < 4.78 is 0. The van der Waals surface area contributed by atoms with Gasteiger partial charge in [-0.05, 0) is 37.7 Å². The molecule has 1 saturated heterocycles. The quantitative estimate of drug-likeness (QED) is 0.810. The van der Waals surface area contributed by atoms with E-state index in [2.05, 4.69) is 32.7 Å². The summed E-state index contributed by atoms with van der Waals surface area (Å²) in [6.45, 7) is 4.98. The Balaban J connectivity index is 1.63. The van der Waals surface area contributed by atoms with Crippen LogP contribution in [0.2, 0.25) is 0 Å². The van der Waals surface area contributed by atoms with Crippen molar-refractivity contribution in [2.45, 2.75) is 45.1 Å². The van der Waals surface area contributed by atoms with Gasteiger partial charge in [-0.1, -0.05) is 30.3 Å². The normalized spacial score (nSPS) is 20.5. The van der Waals surface area contributed by atoms with Gasteiger partial charge in [0.1, 0.15) is 0 Å². The zero-order chi connectivity index (χ0) is 20.5. The van der Waals surface area contributed by atoms with Gasteiger partial charge in [-0.25, -0.2) is 4.98 Å². The number of nitrogens with one attached hydrogen (secondary N) is 2. The largest absolute Gasteiger partial charge is 0.356 e. The van der Waals surface area contributed by atoms with E-state index >= 15 is 0 Å². The van der Waals surface area contributed by atoms with E-state index in [9.17, 15) is 9.59 Å². The number of aryl methyl sites for hydroxylation is 1. The van der Waals surface area contributed by atoms with Gasteiger partial charge in [-0.15, -0.1) is 11.3 Å². The number of amides is 2. The van der Waals surface area contributed by atoms with Crippen molar-refractivity contribution >= 4 is 23.2 Å². The number of hydrogen-bond acceptors (Lipinski definition) is 5. The van der Waals surface area contributed by atoms with Crippen molar-refractivity contribution in [1.29, 1.82) is 0 Å². The number of nitrogens with zero attached hydrogens (tertiary/aromatic N) is 2. The van der Waals surface area contributed by atoms with Crippen LogP contribution in [-0.2, 0) is 16.1 Å². The maximum atomic E-state index is 12.5. The highest BCUT2D eigenvalue weighted by atomic mass is 32.1. The standard InChI is InChI=1S/C22H30N4O2S/c1-17-25-20(16-29-17)14-26-13-5-11-23-21(27)9-8-19(10-12-24-22(28)15-26)18-6-3-2-4-7-18/h2-4,6-7,16,19H,5,8-15H2,1H3,(H,23,27)(H,24,28). The van der Waals surface area contributed by atoms with E-state index in [1.807, 2.05) is 30.5 Å². The van der Waals surface area contributed by atoms with Crippen molar-refractivity contribution in [1.82, 2.24) is 20.5 Å². The molecule has 1 aromatic heterocycles. The van der Waals surface area contributed by atoms with Crippen LogP contribution in [0.5, 0.6) is 0 Å². The molecule has 2 N–H and O–H groups in total. The smallest absolute Gasteiger partial charge is 0.234 e. The molecule has 156 valence electrons. The van der Waals surface area contributed by atoms with Crippen molar-refractivity contribution in [2.24, 2.45) is 0 Å². The molecule has 2 aromatic rings. The number of aromatic nitrogens is 1. The summed E-state index contributed by atoms with van der Waals surface area (Å²) in [4.78, 5) is 31.4. The molecular formula is C22H30N4O2S. The minimum atomic E-state index is 0.0462. The Labute approximate surface area is 176 Å². The van der Waals surface area contributed by atoms with Crippen molar-refractivity contribution in [3.63, 3.8) is 0 Å². The molecule has 1 aliphatic heterocycles. The molecule has 0 radical (unpaired) electrons. The number of hydrogen-bond donors (Lipinski definition) is 2. The second-order valence-corrected chi connectivity index (χ2v) is 8.62. The first-order chi connectivity index (χ1) is 14.1. The van der Waals surface area contributed by atoms with Gasteiger partial charge >= 0.3 is 0 Å². The van der Waals surface area contributed by atoms with E-state index < -0.39 is 0 Å². The van der Waals surface area contributed by atoms with Gasteiger partial charge in [0, 0.05) is 38.0 Å². The highest BCUT2D eigenvalue weighted by molar-refractivity contribution is 7.09. The Morgan fingerprint density at radius 1 is 1.10 bits per heavy atom. The zero-order valence-electron chi connectivity index (χ0n) is 17.0. The zero-order valence-corrected chi connectivity index (χ0v) is 17.8. The Morgan fingerprint density at radius 2 is 1.90 bits per heavy atom. The minimum absolute atomic E-state index is 0.0462. The van der Waals surface area contributed by atoms with Gasteiger partial charge in [-0.2, -0.15) is 0 Å². The van der Waals surface area contributed by atoms with Crippen molar-refractivity contribution in [2.75, 3.05) is 26.2 Å². The first kappa shape index (κ1) is 21.5. The van der Waals surface area contributed by atoms with Gasteiger partial charge in [0.15, 0.2) is 0 Å². The summed E-state index contributed by atoms with van der Waals surface area (Å²) in [5.41, 5.74) is 2.22. The van der Waals surface area contributed by atoms with E-state index in [0.717, 1.165) is 36.5 Å². The Kier molecular flexibility index (Phi) is 8.19. The van der Waals surface area contributed by atoms with Crippen LogP contribution in [0.4, 0.5) is 0 Å². The second-order valence-electron chi connectivity index (χ2n) is 7.56. The third-order valence-electron chi connectivity index (χ3n) is 5.20. The molecule has 0 bridgehead atoms. The van der Waals surface area contributed by atoms with Crippen LogP contribution in [0.25, 0.3) is 0 Å². The fourth-order valence-electron chi connectivity index (χ4n) is 3.70. The lowest BCUT2D eigenvalue weighted by Gasteiger charge is -2.23. The number of carbonyl (C=O) groups excluding carboxylic acids is 2. The first-order valence-corrected chi connectivity index (χ1v) is 11.2. The second kappa shape index (κ2) is 11.1. The van der Waals surface area contributed by atoms with E-state index in [-0.39, 0.29) is 17.7 Å². The maximum Gasteiger partial charge on any atom is 0.234 e. The molecule has 1 aromatic carbocycles. The number of thiazole rings is 1. The molecule has 2 heterocycles. The molecule has 1 atom stereocenters. The van der Waals surface area contributed by atoms with E-state index in [0.29, 0.717) is 32.6 Å². The summed E-state index contributed by atoms with van der Waals surface area (Å²) in [6.07, 6.45) is 2.94. The lowest BCUT2D eigenvalue weighted by Crippen LogP contribution is -2.39. The van der Waals surface area contributed by atoms with Gasteiger partial charge in [0.25, 0.3) is 0 Å². The van der Waals surface area contributed by atoms with E-state index in [1.165, 1.54) is 5.56 Å².